The zero-order chi connectivity index (χ0) is 17.1. The zero-order valence-electron chi connectivity index (χ0n) is 12.9. The summed E-state index contributed by atoms with van der Waals surface area (Å²) in [6, 6.07) is 14.0. The van der Waals surface area contributed by atoms with Gasteiger partial charge in [-0.05, 0) is 19.1 Å². The molecule has 1 heterocycles. The molecule has 6 heteroatoms. The molecular formula is C18H15FN2O2S. The fourth-order valence-corrected chi connectivity index (χ4v) is 3.26. The Kier molecular flexibility index (Phi) is 4.57. The maximum atomic E-state index is 13.8. The molecule has 0 aliphatic rings. The van der Waals surface area contributed by atoms with Crippen molar-refractivity contribution in [3.63, 3.8) is 0 Å². The van der Waals surface area contributed by atoms with E-state index in [2.05, 4.69) is 10.3 Å². The summed E-state index contributed by atoms with van der Waals surface area (Å²) in [5.41, 5.74) is 2.87. The van der Waals surface area contributed by atoms with Crippen LogP contribution in [-0.4, -0.2) is 16.1 Å². The smallest absolute Gasteiger partial charge is 0.308 e. The Balaban J connectivity index is 1.98. The molecular weight excluding hydrogens is 327 g/mol. The molecule has 0 aliphatic carbocycles. The van der Waals surface area contributed by atoms with Crippen molar-refractivity contribution in [2.45, 2.75) is 13.3 Å². The summed E-state index contributed by atoms with van der Waals surface area (Å²) in [5.74, 6) is -1.31. The maximum absolute atomic E-state index is 13.8. The number of benzene rings is 2. The number of halogens is 1. The van der Waals surface area contributed by atoms with E-state index < -0.39 is 5.97 Å². The van der Waals surface area contributed by atoms with Crippen LogP contribution < -0.4 is 5.32 Å². The Morgan fingerprint density at radius 1 is 1.21 bits per heavy atom. The van der Waals surface area contributed by atoms with Gasteiger partial charge in [0.05, 0.1) is 17.8 Å². The van der Waals surface area contributed by atoms with Gasteiger partial charge >= 0.3 is 5.97 Å². The molecule has 24 heavy (non-hydrogen) atoms. The van der Waals surface area contributed by atoms with Crippen LogP contribution in [-0.2, 0) is 11.2 Å². The highest BCUT2D eigenvalue weighted by Gasteiger charge is 2.16. The number of carboxylic acids is 1. The number of carboxylic acid groups (broad SMARTS) is 1. The van der Waals surface area contributed by atoms with Crippen molar-refractivity contribution >= 4 is 28.1 Å². The molecule has 0 atom stereocenters. The molecule has 122 valence electrons. The second kappa shape index (κ2) is 6.80. The monoisotopic (exact) mass is 342 g/mol. The molecule has 0 spiro atoms. The number of hydrogen-bond donors (Lipinski definition) is 2. The Labute approximate surface area is 142 Å². The average molecular weight is 342 g/mol. The third-order valence-electron chi connectivity index (χ3n) is 3.45. The lowest BCUT2D eigenvalue weighted by atomic mass is 10.1. The molecule has 0 aliphatic heterocycles. The van der Waals surface area contributed by atoms with Crippen LogP contribution >= 0.6 is 11.3 Å². The molecule has 0 radical (unpaired) electrons. The SMILES string of the molecule is Cc1ccc(-c2nc(Nc3ccccc3F)sc2CC(=O)O)cc1. The van der Waals surface area contributed by atoms with Gasteiger partial charge in [-0.3, -0.25) is 4.79 Å². The highest BCUT2D eigenvalue weighted by Crippen LogP contribution is 2.33. The highest BCUT2D eigenvalue weighted by atomic mass is 32.1. The van der Waals surface area contributed by atoms with Crippen LogP contribution in [0.4, 0.5) is 15.2 Å². The number of hydrogen-bond acceptors (Lipinski definition) is 4. The lowest BCUT2D eigenvalue weighted by molar-refractivity contribution is -0.136. The first-order chi connectivity index (χ1) is 11.5. The molecule has 0 bridgehead atoms. The largest absolute Gasteiger partial charge is 0.481 e. The summed E-state index contributed by atoms with van der Waals surface area (Å²) >= 11 is 1.22. The van der Waals surface area contributed by atoms with Gasteiger partial charge in [-0.2, -0.15) is 0 Å². The van der Waals surface area contributed by atoms with Crippen molar-refractivity contribution in [1.82, 2.24) is 4.98 Å². The van der Waals surface area contributed by atoms with Crippen LogP contribution in [0.1, 0.15) is 10.4 Å². The highest BCUT2D eigenvalue weighted by molar-refractivity contribution is 7.16. The third-order valence-corrected chi connectivity index (χ3v) is 4.42. The van der Waals surface area contributed by atoms with E-state index in [1.54, 1.807) is 18.2 Å². The van der Waals surface area contributed by atoms with Gasteiger partial charge in [0.15, 0.2) is 5.13 Å². The van der Waals surface area contributed by atoms with Crippen molar-refractivity contribution in [2.24, 2.45) is 0 Å². The fourth-order valence-electron chi connectivity index (χ4n) is 2.28. The second-order valence-corrected chi connectivity index (χ2v) is 6.42. The Morgan fingerprint density at radius 2 is 1.92 bits per heavy atom. The fraction of sp³-hybridized carbons (Fsp3) is 0.111. The van der Waals surface area contributed by atoms with E-state index in [0.717, 1.165) is 11.1 Å². The van der Waals surface area contributed by atoms with Crippen molar-refractivity contribution < 1.29 is 14.3 Å². The molecule has 3 rings (SSSR count). The van der Waals surface area contributed by atoms with Crippen LogP contribution in [0.15, 0.2) is 48.5 Å². The Bertz CT molecular complexity index is 875. The molecule has 2 aromatic carbocycles. The van der Waals surface area contributed by atoms with Crippen molar-refractivity contribution in [3.8, 4) is 11.3 Å². The number of anilines is 2. The molecule has 2 N–H and O–H groups in total. The van der Waals surface area contributed by atoms with Gasteiger partial charge < -0.3 is 10.4 Å². The van der Waals surface area contributed by atoms with Crippen molar-refractivity contribution in [2.75, 3.05) is 5.32 Å². The van der Waals surface area contributed by atoms with Crippen LogP contribution in [0.25, 0.3) is 11.3 Å². The molecule has 1 aromatic heterocycles. The van der Waals surface area contributed by atoms with E-state index >= 15 is 0 Å². The number of carbonyl (C=O) groups is 1. The Morgan fingerprint density at radius 3 is 2.58 bits per heavy atom. The second-order valence-electron chi connectivity index (χ2n) is 5.33. The van der Waals surface area contributed by atoms with E-state index in [1.807, 2.05) is 31.2 Å². The van der Waals surface area contributed by atoms with Gasteiger partial charge in [-0.25, -0.2) is 9.37 Å². The number of thiazole rings is 1. The van der Waals surface area contributed by atoms with Gasteiger partial charge in [0.1, 0.15) is 5.82 Å². The molecule has 0 fully saturated rings. The van der Waals surface area contributed by atoms with E-state index in [0.29, 0.717) is 21.4 Å². The molecule has 0 saturated heterocycles. The summed E-state index contributed by atoms with van der Waals surface area (Å²) in [7, 11) is 0. The lowest BCUT2D eigenvalue weighted by Gasteiger charge is -2.03. The van der Waals surface area contributed by atoms with Crippen LogP contribution in [0.5, 0.6) is 0 Å². The summed E-state index contributed by atoms with van der Waals surface area (Å²) in [6.45, 7) is 1.98. The molecule has 4 nitrogen and oxygen atoms in total. The van der Waals surface area contributed by atoms with Crippen LogP contribution in [0.2, 0.25) is 0 Å². The lowest BCUT2D eigenvalue weighted by Crippen LogP contribution is -1.99. The standard InChI is InChI=1S/C18H15FN2O2S/c1-11-6-8-12(9-7-11)17-15(10-16(22)23)24-18(21-17)20-14-5-3-2-4-13(14)19/h2-9H,10H2,1H3,(H,20,21)(H,22,23). The van der Waals surface area contributed by atoms with Gasteiger partial charge in [0, 0.05) is 10.4 Å². The van der Waals surface area contributed by atoms with Gasteiger partial charge in [0.25, 0.3) is 0 Å². The van der Waals surface area contributed by atoms with Crippen LogP contribution in [0.3, 0.4) is 0 Å². The van der Waals surface area contributed by atoms with Gasteiger partial charge in [-0.15, -0.1) is 11.3 Å². The number of para-hydroxylation sites is 1. The number of rotatable bonds is 5. The average Bonchev–Trinajstić information content (AvgIpc) is 2.92. The minimum absolute atomic E-state index is 0.125. The first kappa shape index (κ1) is 16.1. The molecule has 0 saturated carbocycles. The molecule has 3 aromatic rings. The minimum Gasteiger partial charge on any atom is -0.481 e. The van der Waals surface area contributed by atoms with Crippen LogP contribution in [0, 0.1) is 12.7 Å². The third kappa shape index (κ3) is 3.60. The van der Waals surface area contributed by atoms with E-state index in [9.17, 15) is 9.18 Å². The topological polar surface area (TPSA) is 62.2 Å². The zero-order valence-corrected chi connectivity index (χ0v) is 13.7. The number of aryl methyl sites for hydroxylation is 1. The number of nitrogens with one attached hydrogen (secondary N) is 1. The summed E-state index contributed by atoms with van der Waals surface area (Å²) < 4.78 is 13.8. The Hall–Kier alpha value is -2.73. The normalized spacial score (nSPS) is 10.6. The first-order valence-corrected chi connectivity index (χ1v) is 8.14. The summed E-state index contributed by atoms with van der Waals surface area (Å²) in [4.78, 5) is 16.2. The first-order valence-electron chi connectivity index (χ1n) is 7.33. The predicted molar refractivity (Wildman–Crippen MR) is 93.3 cm³/mol. The summed E-state index contributed by atoms with van der Waals surface area (Å²) in [6.07, 6.45) is -0.125. The van der Waals surface area contributed by atoms with E-state index in [-0.39, 0.29) is 12.2 Å². The van der Waals surface area contributed by atoms with Gasteiger partial charge in [-0.1, -0.05) is 42.0 Å². The number of aromatic nitrogens is 1. The quantitative estimate of drug-likeness (QED) is 0.710. The molecule has 0 unspecified atom stereocenters. The number of nitrogens with zero attached hydrogens (tertiary/aromatic N) is 1. The van der Waals surface area contributed by atoms with E-state index in [4.69, 9.17) is 5.11 Å². The minimum atomic E-state index is -0.926. The van der Waals surface area contributed by atoms with E-state index in [1.165, 1.54) is 17.4 Å². The maximum Gasteiger partial charge on any atom is 0.308 e. The van der Waals surface area contributed by atoms with Gasteiger partial charge in [0.2, 0.25) is 0 Å². The van der Waals surface area contributed by atoms with Crippen molar-refractivity contribution in [3.05, 3.63) is 64.8 Å². The van der Waals surface area contributed by atoms with Crippen molar-refractivity contribution in [1.29, 1.82) is 0 Å². The number of aliphatic carboxylic acids is 1. The molecule has 0 amide bonds. The predicted octanol–water partition coefficient (Wildman–Crippen LogP) is 4.63. The summed E-state index contributed by atoms with van der Waals surface area (Å²) in [5, 5.41) is 12.5.